The topological polar surface area (TPSA) is 54.1 Å². The van der Waals surface area contributed by atoms with Gasteiger partial charge in [-0.15, -0.1) is 0 Å². The summed E-state index contributed by atoms with van der Waals surface area (Å²) in [6.07, 6.45) is 1.76. The highest BCUT2D eigenvalue weighted by Crippen LogP contribution is 2.20. The van der Waals surface area contributed by atoms with E-state index in [0.29, 0.717) is 10.7 Å². The van der Waals surface area contributed by atoms with E-state index in [1.807, 2.05) is 43.3 Å². The van der Waals surface area contributed by atoms with Crippen LogP contribution in [0.3, 0.4) is 0 Å². The number of amides is 1. The molecule has 2 aromatic carbocycles. The molecular formula is C20H21ClN2O2. The average Bonchev–Trinajstić information content (AvgIpc) is 3.03. The number of carbonyl (C=O) groups is 1. The summed E-state index contributed by atoms with van der Waals surface area (Å²) in [6.45, 7) is 2.01. The lowest BCUT2D eigenvalue weighted by Crippen LogP contribution is -2.33. The molecule has 0 aliphatic carbocycles. The molecule has 25 heavy (non-hydrogen) atoms. The van der Waals surface area contributed by atoms with E-state index in [0.717, 1.165) is 29.5 Å². The number of aryl methyl sites for hydroxylation is 1. The number of hydrogen-bond acceptors (Lipinski definition) is 2. The van der Waals surface area contributed by atoms with Crippen molar-refractivity contribution in [1.82, 2.24) is 10.3 Å². The molecule has 1 heterocycles. The van der Waals surface area contributed by atoms with E-state index in [1.54, 1.807) is 7.11 Å². The second-order valence-corrected chi connectivity index (χ2v) is 6.61. The van der Waals surface area contributed by atoms with Crippen LogP contribution < -0.4 is 10.1 Å². The van der Waals surface area contributed by atoms with Gasteiger partial charge in [0.05, 0.1) is 7.11 Å². The van der Waals surface area contributed by atoms with Crippen molar-refractivity contribution in [3.05, 3.63) is 64.8 Å². The Hall–Kier alpha value is -2.46. The second kappa shape index (κ2) is 7.62. The fourth-order valence-corrected chi connectivity index (χ4v) is 2.94. The van der Waals surface area contributed by atoms with Crippen LogP contribution in [0.25, 0.3) is 10.9 Å². The number of H-pyrrole nitrogens is 1. The van der Waals surface area contributed by atoms with Crippen LogP contribution in [0.4, 0.5) is 0 Å². The summed E-state index contributed by atoms with van der Waals surface area (Å²) in [4.78, 5) is 15.5. The Balaban J connectivity index is 1.57. The number of hydrogen-bond donors (Lipinski definition) is 2. The quantitative estimate of drug-likeness (QED) is 0.679. The van der Waals surface area contributed by atoms with Crippen molar-refractivity contribution in [1.29, 1.82) is 0 Å². The Bertz CT molecular complexity index is 871. The minimum atomic E-state index is -0.102. The van der Waals surface area contributed by atoms with Crippen LogP contribution >= 0.6 is 11.6 Å². The molecular weight excluding hydrogens is 336 g/mol. The minimum Gasteiger partial charge on any atom is -0.497 e. The molecule has 2 N–H and O–H groups in total. The molecule has 0 bridgehead atoms. The van der Waals surface area contributed by atoms with Gasteiger partial charge in [0.15, 0.2) is 0 Å². The van der Waals surface area contributed by atoms with Crippen molar-refractivity contribution < 1.29 is 9.53 Å². The first-order valence-corrected chi connectivity index (χ1v) is 8.65. The number of nitrogens with one attached hydrogen (secondary N) is 2. The first kappa shape index (κ1) is 17.4. The van der Waals surface area contributed by atoms with Gasteiger partial charge in [-0.3, -0.25) is 4.79 Å². The van der Waals surface area contributed by atoms with Crippen molar-refractivity contribution in [3.8, 4) is 5.75 Å². The Labute approximate surface area is 152 Å². The molecule has 0 fully saturated rings. The largest absolute Gasteiger partial charge is 0.497 e. The Kier molecular flexibility index (Phi) is 5.29. The number of rotatable bonds is 6. The van der Waals surface area contributed by atoms with Gasteiger partial charge >= 0.3 is 0 Å². The minimum absolute atomic E-state index is 0.0737. The van der Waals surface area contributed by atoms with Crippen LogP contribution in [0.2, 0.25) is 5.02 Å². The van der Waals surface area contributed by atoms with Crippen LogP contribution in [0.15, 0.2) is 48.5 Å². The van der Waals surface area contributed by atoms with Gasteiger partial charge in [0.1, 0.15) is 11.4 Å². The van der Waals surface area contributed by atoms with Gasteiger partial charge in [0.25, 0.3) is 5.91 Å². The van der Waals surface area contributed by atoms with Gasteiger partial charge in [-0.25, -0.2) is 0 Å². The average molecular weight is 357 g/mol. The normalized spacial score (nSPS) is 12.1. The monoisotopic (exact) mass is 356 g/mol. The third-order valence-electron chi connectivity index (χ3n) is 4.23. The third-order valence-corrected chi connectivity index (χ3v) is 4.47. The zero-order chi connectivity index (χ0) is 17.8. The highest BCUT2D eigenvalue weighted by Gasteiger charge is 2.12. The molecule has 1 amide bonds. The molecule has 0 aliphatic heterocycles. The van der Waals surface area contributed by atoms with Gasteiger partial charge in [-0.05, 0) is 55.7 Å². The van der Waals surface area contributed by atoms with E-state index in [9.17, 15) is 4.79 Å². The number of halogens is 1. The summed E-state index contributed by atoms with van der Waals surface area (Å²) in [7, 11) is 1.66. The number of aromatic amines is 1. The summed E-state index contributed by atoms with van der Waals surface area (Å²) in [5.41, 5.74) is 2.64. The van der Waals surface area contributed by atoms with Crippen LogP contribution in [-0.4, -0.2) is 24.0 Å². The molecule has 1 aromatic heterocycles. The fraction of sp³-hybridized carbons (Fsp3) is 0.250. The lowest BCUT2D eigenvalue weighted by atomic mass is 10.1. The molecule has 130 valence electrons. The summed E-state index contributed by atoms with van der Waals surface area (Å²) >= 11 is 5.98. The highest BCUT2D eigenvalue weighted by molar-refractivity contribution is 6.31. The van der Waals surface area contributed by atoms with E-state index < -0.39 is 0 Å². The van der Waals surface area contributed by atoms with E-state index in [2.05, 4.69) is 22.4 Å². The maximum atomic E-state index is 12.4. The number of carbonyl (C=O) groups excluding carboxylic acids is 1. The molecule has 5 heteroatoms. The molecule has 0 aliphatic rings. The summed E-state index contributed by atoms with van der Waals surface area (Å²) in [5, 5.41) is 4.66. The Morgan fingerprint density at radius 2 is 1.96 bits per heavy atom. The predicted molar refractivity (Wildman–Crippen MR) is 102 cm³/mol. The lowest BCUT2D eigenvalue weighted by molar-refractivity contribution is 0.0934. The van der Waals surface area contributed by atoms with Gasteiger partial charge in [-0.2, -0.15) is 0 Å². The number of aromatic nitrogens is 1. The maximum absolute atomic E-state index is 12.4. The number of benzene rings is 2. The standard InChI is InChI=1S/C20H21ClN2O2/c1-13(3-4-14-5-9-17(25-2)10-6-14)22-20(24)19-11-15-7-8-16(21)12-18(15)23-19/h5-13,23H,3-4H2,1-2H3,(H,22,24). The van der Waals surface area contributed by atoms with E-state index in [4.69, 9.17) is 16.3 Å². The van der Waals surface area contributed by atoms with E-state index in [1.165, 1.54) is 5.56 Å². The van der Waals surface area contributed by atoms with E-state index >= 15 is 0 Å². The summed E-state index contributed by atoms with van der Waals surface area (Å²) < 4.78 is 5.16. The molecule has 1 unspecified atom stereocenters. The second-order valence-electron chi connectivity index (χ2n) is 6.18. The number of ether oxygens (including phenoxy) is 1. The van der Waals surface area contributed by atoms with Gasteiger partial charge in [-0.1, -0.05) is 29.8 Å². The lowest BCUT2D eigenvalue weighted by Gasteiger charge is -2.13. The smallest absolute Gasteiger partial charge is 0.267 e. The van der Waals surface area contributed by atoms with Crippen molar-refractivity contribution in [3.63, 3.8) is 0 Å². The fourth-order valence-electron chi connectivity index (χ4n) is 2.77. The Morgan fingerprint density at radius 3 is 2.68 bits per heavy atom. The highest BCUT2D eigenvalue weighted by atomic mass is 35.5. The summed E-state index contributed by atoms with van der Waals surface area (Å²) in [5.74, 6) is 0.749. The van der Waals surface area contributed by atoms with Crippen LogP contribution in [-0.2, 0) is 6.42 Å². The van der Waals surface area contributed by atoms with Gasteiger partial charge < -0.3 is 15.0 Å². The van der Waals surface area contributed by atoms with Crippen LogP contribution in [0, 0.1) is 0 Å². The van der Waals surface area contributed by atoms with Crippen LogP contribution in [0.1, 0.15) is 29.4 Å². The molecule has 3 rings (SSSR count). The first-order valence-electron chi connectivity index (χ1n) is 8.27. The van der Waals surface area contributed by atoms with Crippen molar-refractivity contribution in [2.75, 3.05) is 7.11 Å². The Morgan fingerprint density at radius 1 is 1.20 bits per heavy atom. The van der Waals surface area contributed by atoms with Gasteiger partial charge in [0, 0.05) is 22.0 Å². The molecule has 3 aromatic rings. The molecule has 0 spiro atoms. The third kappa shape index (κ3) is 4.34. The van der Waals surface area contributed by atoms with Crippen molar-refractivity contribution in [2.45, 2.75) is 25.8 Å². The zero-order valence-electron chi connectivity index (χ0n) is 14.3. The molecule has 0 saturated carbocycles. The number of methoxy groups -OCH3 is 1. The maximum Gasteiger partial charge on any atom is 0.267 e. The predicted octanol–water partition coefficient (Wildman–Crippen LogP) is 4.58. The van der Waals surface area contributed by atoms with Gasteiger partial charge in [0.2, 0.25) is 0 Å². The summed E-state index contributed by atoms with van der Waals surface area (Å²) in [6, 6.07) is 15.5. The van der Waals surface area contributed by atoms with Crippen LogP contribution in [0.5, 0.6) is 5.75 Å². The molecule has 4 nitrogen and oxygen atoms in total. The van der Waals surface area contributed by atoms with Crippen molar-refractivity contribution in [2.24, 2.45) is 0 Å². The van der Waals surface area contributed by atoms with Crippen molar-refractivity contribution >= 4 is 28.4 Å². The SMILES string of the molecule is COc1ccc(CCC(C)NC(=O)c2cc3ccc(Cl)cc3[nH]2)cc1. The molecule has 1 atom stereocenters. The zero-order valence-corrected chi connectivity index (χ0v) is 15.1. The first-order chi connectivity index (χ1) is 12.0. The molecule has 0 radical (unpaired) electrons. The van der Waals surface area contributed by atoms with E-state index in [-0.39, 0.29) is 11.9 Å². The molecule has 0 saturated heterocycles. The number of fused-ring (bicyclic) bond motifs is 1.